The summed E-state index contributed by atoms with van der Waals surface area (Å²) in [6.07, 6.45) is 0.264. The smallest absolute Gasteiger partial charge is 0.242 e. The van der Waals surface area contributed by atoms with E-state index < -0.39 is 6.04 Å². The van der Waals surface area contributed by atoms with Crippen LogP contribution in [0, 0.1) is 13.8 Å². The normalized spacial score (nSPS) is 11.6. The number of carbonyl (C=O) groups is 2. The molecule has 2 amide bonds. The number of methoxy groups -OCH3 is 1. The first-order valence-corrected chi connectivity index (χ1v) is 9.05. The van der Waals surface area contributed by atoms with Crippen molar-refractivity contribution in [1.29, 1.82) is 0 Å². The lowest BCUT2D eigenvalue weighted by Crippen LogP contribution is -2.47. The predicted octanol–water partition coefficient (Wildman–Crippen LogP) is 3.02. The van der Waals surface area contributed by atoms with Crippen LogP contribution in [0.2, 0.25) is 0 Å². The molecule has 5 nitrogen and oxygen atoms in total. The van der Waals surface area contributed by atoms with Gasteiger partial charge in [-0.25, -0.2) is 0 Å². The fourth-order valence-electron chi connectivity index (χ4n) is 3.17. The number of hydrogen-bond acceptors (Lipinski definition) is 3. The Bertz CT molecular complexity index is 779. The summed E-state index contributed by atoms with van der Waals surface area (Å²) < 4.78 is 5.18. The van der Waals surface area contributed by atoms with Gasteiger partial charge in [-0.15, -0.1) is 0 Å². The molecule has 0 unspecified atom stereocenters. The van der Waals surface area contributed by atoms with Crippen molar-refractivity contribution in [2.24, 2.45) is 0 Å². The van der Waals surface area contributed by atoms with Crippen LogP contribution in [0.15, 0.2) is 42.5 Å². The van der Waals surface area contributed by atoms with Crippen molar-refractivity contribution in [3.05, 3.63) is 64.7 Å². The Hall–Kier alpha value is -2.82. The first-order chi connectivity index (χ1) is 12.8. The second-order valence-electron chi connectivity index (χ2n) is 6.83. The zero-order valence-corrected chi connectivity index (χ0v) is 16.7. The zero-order valence-electron chi connectivity index (χ0n) is 16.7. The molecule has 0 aliphatic rings. The maximum Gasteiger partial charge on any atom is 0.242 e. The highest BCUT2D eigenvalue weighted by atomic mass is 16.5. The Kier molecular flexibility index (Phi) is 6.99. The van der Waals surface area contributed by atoms with Gasteiger partial charge in [0.15, 0.2) is 0 Å². The molecule has 1 atom stereocenters. The molecule has 0 saturated heterocycles. The molecule has 0 spiro atoms. The summed E-state index contributed by atoms with van der Waals surface area (Å²) in [7, 11) is 3.20. The molecule has 0 aromatic heterocycles. The van der Waals surface area contributed by atoms with Crippen molar-refractivity contribution in [3.8, 4) is 5.75 Å². The Balaban J connectivity index is 2.24. The van der Waals surface area contributed by atoms with Gasteiger partial charge in [0.05, 0.1) is 13.5 Å². The van der Waals surface area contributed by atoms with E-state index >= 15 is 0 Å². The summed E-state index contributed by atoms with van der Waals surface area (Å²) in [6.45, 7) is 6.15. The van der Waals surface area contributed by atoms with Crippen LogP contribution in [-0.2, 0) is 22.6 Å². The zero-order chi connectivity index (χ0) is 20.0. The number of ether oxygens (including phenoxy) is 1. The average molecular weight is 368 g/mol. The summed E-state index contributed by atoms with van der Waals surface area (Å²) >= 11 is 0. The highest BCUT2D eigenvalue weighted by Crippen LogP contribution is 2.17. The molecule has 0 heterocycles. The topological polar surface area (TPSA) is 58.6 Å². The largest absolute Gasteiger partial charge is 0.497 e. The summed E-state index contributed by atoms with van der Waals surface area (Å²) in [5.74, 6) is 0.496. The van der Waals surface area contributed by atoms with E-state index in [1.807, 2.05) is 50.2 Å². The first-order valence-electron chi connectivity index (χ1n) is 9.05. The van der Waals surface area contributed by atoms with Gasteiger partial charge in [0.25, 0.3) is 0 Å². The Morgan fingerprint density at radius 1 is 1.04 bits per heavy atom. The van der Waals surface area contributed by atoms with Crippen LogP contribution < -0.4 is 10.1 Å². The minimum Gasteiger partial charge on any atom is -0.497 e. The van der Waals surface area contributed by atoms with Crippen molar-refractivity contribution < 1.29 is 14.3 Å². The van der Waals surface area contributed by atoms with Crippen LogP contribution in [0.5, 0.6) is 5.75 Å². The number of likely N-dealkylation sites (N-methyl/N-ethyl adjacent to an activating group) is 1. The van der Waals surface area contributed by atoms with E-state index in [1.54, 1.807) is 26.0 Å². The highest BCUT2D eigenvalue weighted by molar-refractivity contribution is 5.88. The van der Waals surface area contributed by atoms with Gasteiger partial charge in [0.1, 0.15) is 11.8 Å². The predicted molar refractivity (Wildman–Crippen MR) is 107 cm³/mol. The van der Waals surface area contributed by atoms with E-state index in [1.165, 1.54) is 0 Å². The monoisotopic (exact) mass is 368 g/mol. The van der Waals surface area contributed by atoms with Crippen LogP contribution in [-0.4, -0.2) is 36.9 Å². The van der Waals surface area contributed by atoms with Crippen molar-refractivity contribution in [1.82, 2.24) is 10.2 Å². The third-order valence-electron chi connectivity index (χ3n) is 4.56. The molecule has 0 bridgehead atoms. The quantitative estimate of drug-likeness (QED) is 0.817. The number of nitrogens with one attached hydrogen (secondary N) is 1. The lowest BCUT2D eigenvalue weighted by Gasteiger charge is -2.28. The Morgan fingerprint density at radius 3 is 2.15 bits per heavy atom. The molecule has 0 fully saturated rings. The molecule has 0 aliphatic carbocycles. The fourth-order valence-corrected chi connectivity index (χ4v) is 3.17. The first kappa shape index (κ1) is 20.5. The van der Waals surface area contributed by atoms with Gasteiger partial charge in [-0.2, -0.15) is 0 Å². The highest BCUT2D eigenvalue weighted by Gasteiger charge is 2.25. The molecule has 2 aromatic rings. The van der Waals surface area contributed by atoms with E-state index in [4.69, 9.17) is 4.74 Å². The molecule has 2 rings (SSSR count). The summed E-state index contributed by atoms with van der Waals surface area (Å²) in [5.41, 5.74) is 4.15. The van der Waals surface area contributed by atoms with Crippen LogP contribution in [0.4, 0.5) is 0 Å². The van der Waals surface area contributed by atoms with Crippen LogP contribution in [0.3, 0.4) is 0 Å². The van der Waals surface area contributed by atoms with Gasteiger partial charge in [-0.1, -0.05) is 41.5 Å². The van der Waals surface area contributed by atoms with Gasteiger partial charge in [-0.05, 0) is 44.0 Å². The molecule has 0 aliphatic heterocycles. The fraction of sp³-hybridized carbons (Fsp3) is 0.364. The minimum absolute atomic E-state index is 0.0769. The minimum atomic E-state index is -0.560. The molecular weight excluding hydrogens is 340 g/mol. The summed E-state index contributed by atoms with van der Waals surface area (Å²) in [5, 5.41) is 2.63. The van der Waals surface area contributed by atoms with Crippen LogP contribution in [0.1, 0.15) is 29.2 Å². The van der Waals surface area contributed by atoms with Crippen molar-refractivity contribution in [3.63, 3.8) is 0 Å². The number of hydrogen-bond donors (Lipinski definition) is 1. The van der Waals surface area contributed by atoms with Gasteiger partial charge >= 0.3 is 0 Å². The van der Waals surface area contributed by atoms with E-state index in [2.05, 4.69) is 11.4 Å². The van der Waals surface area contributed by atoms with Crippen molar-refractivity contribution in [2.75, 3.05) is 14.2 Å². The number of nitrogens with zero attached hydrogens (tertiary/aromatic N) is 1. The van der Waals surface area contributed by atoms with Crippen molar-refractivity contribution in [2.45, 2.75) is 39.8 Å². The van der Waals surface area contributed by atoms with E-state index in [0.717, 1.165) is 28.0 Å². The Morgan fingerprint density at radius 2 is 1.63 bits per heavy atom. The number of benzene rings is 2. The van der Waals surface area contributed by atoms with Gasteiger partial charge in [-0.3, -0.25) is 9.59 Å². The molecule has 0 saturated carbocycles. The lowest BCUT2D eigenvalue weighted by molar-refractivity contribution is -0.139. The van der Waals surface area contributed by atoms with E-state index in [0.29, 0.717) is 6.54 Å². The number of carbonyl (C=O) groups excluding carboxylic acids is 2. The van der Waals surface area contributed by atoms with Gasteiger partial charge in [0, 0.05) is 13.6 Å². The second-order valence-corrected chi connectivity index (χ2v) is 6.83. The summed E-state index contributed by atoms with van der Waals surface area (Å²) in [4.78, 5) is 26.9. The van der Waals surface area contributed by atoms with Gasteiger partial charge < -0.3 is 15.0 Å². The second kappa shape index (κ2) is 9.21. The lowest BCUT2D eigenvalue weighted by atomic mass is 10.0. The molecular formula is C22H28N2O3. The number of aryl methyl sites for hydroxylation is 2. The molecule has 5 heteroatoms. The van der Waals surface area contributed by atoms with Crippen LogP contribution in [0.25, 0.3) is 0 Å². The molecule has 144 valence electrons. The number of rotatable bonds is 7. The third kappa shape index (κ3) is 5.58. The maximum absolute atomic E-state index is 13.0. The SMILES string of the molecule is CNC(=O)[C@@H](C)N(Cc1ccc(OC)cc1)C(=O)Cc1cc(C)cc(C)c1. The average Bonchev–Trinajstić information content (AvgIpc) is 2.64. The van der Waals surface area contributed by atoms with Gasteiger partial charge in [0.2, 0.25) is 11.8 Å². The maximum atomic E-state index is 13.0. The standard InChI is InChI=1S/C22H28N2O3/c1-15-10-16(2)12-19(11-15)13-21(25)24(17(3)22(26)23-4)14-18-6-8-20(27-5)9-7-18/h6-12,17H,13-14H2,1-5H3,(H,23,26)/t17-/m1/s1. The molecule has 1 N–H and O–H groups in total. The summed E-state index contributed by atoms with van der Waals surface area (Å²) in [6, 6.07) is 13.1. The van der Waals surface area contributed by atoms with E-state index in [9.17, 15) is 9.59 Å². The van der Waals surface area contributed by atoms with E-state index in [-0.39, 0.29) is 18.2 Å². The third-order valence-corrected chi connectivity index (χ3v) is 4.56. The molecule has 27 heavy (non-hydrogen) atoms. The van der Waals surface area contributed by atoms with Crippen LogP contribution >= 0.6 is 0 Å². The Labute approximate surface area is 161 Å². The molecule has 2 aromatic carbocycles. The molecule has 0 radical (unpaired) electrons. The van der Waals surface area contributed by atoms with Crippen molar-refractivity contribution >= 4 is 11.8 Å². The number of amides is 2.